The van der Waals surface area contributed by atoms with Gasteiger partial charge in [-0.3, -0.25) is 9.59 Å². The fourth-order valence-electron chi connectivity index (χ4n) is 2.40. The lowest BCUT2D eigenvalue weighted by Gasteiger charge is -2.20. The third-order valence-electron chi connectivity index (χ3n) is 3.97. The Balaban J connectivity index is 2.07. The number of hydrogen-bond acceptors (Lipinski definition) is 7. The zero-order chi connectivity index (χ0) is 21.9. The first-order valence-corrected chi connectivity index (χ1v) is 10.00. The van der Waals surface area contributed by atoms with Gasteiger partial charge in [0.15, 0.2) is 5.37 Å². The predicted molar refractivity (Wildman–Crippen MR) is 112 cm³/mol. The molecule has 158 valence electrons. The van der Waals surface area contributed by atoms with Crippen molar-refractivity contribution in [1.29, 1.82) is 0 Å². The van der Waals surface area contributed by atoms with Gasteiger partial charge in [0.05, 0.1) is 14.2 Å². The molecule has 0 aliphatic carbocycles. The van der Waals surface area contributed by atoms with Crippen LogP contribution in [0, 0.1) is 0 Å². The van der Waals surface area contributed by atoms with Gasteiger partial charge in [0.25, 0.3) is 11.8 Å². The average Bonchev–Trinajstić information content (AvgIpc) is 2.80. The number of amides is 2. The van der Waals surface area contributed by atoms with E-state index in [1.165, 1.54) is 14.2 Å². The molecule has 0 spiro atoms. The first-order chi connectivity index (χ1) is 14.5. The van der Waals surface area contributed by atoms with E-state index in [-0.39, 0.29) is 5.75 Å². The summed E-state index contributed by atoms with van der Waals surface area (Å²) in [5, 5.41) is 4.07. The van der Waals surface area contributed by atoms with Crippen molar-refractivity contribution in [2.75, 3.05) is 20.0 Å². The van der Waals surface area contributed by atoms with E-state index in [2.05, 4.69) is 10.6 Å². The van der Waals surface area contributed by atoms with E-state index in [0.717, 1.165) is 11.8 Å². The molecule has 0 saturated heterocycles. The van der Waals surface area contributed by atoms with Gasteiger partial charge in [-0.2, -0.15) is 0 Å². The molecule has 2 N–H and O–H groups in total. The van der Waals surface area contributed by atoms with Gasteiger partial charge in [-0.05, 0) is 24.3 Å². The van der Waals surface area contributed by atoms with E-state index in [0.29, 0.717) is 11.1 Å². The molecular weight excluding hydrogens is 408 g/mol. The molecule has 0 bridgehead atoms. The minimum Gasteiger partial charge on any atom is -0.467 e. The maximum Gasteiger partial charge on any atom is 0.339 e. The van der Waals surface area contributed by atoms with Gasteiger partial charge in [-0.15, -0.1) is 11.8 Å². The quantitative estimate of drug-likeness (QED) is 0.459. The zero-order valence-corrected chi connectivity index (χ0v) is 17.3. The highest BCUT2D eigenvalue weighted by Gasteiger charge is 2.28. The van der Waals surface area contributed by atoms with Crippen molar-refractivity contribution < 1.29 is 28.7 Å². The molecule has 0 fully saturated rings. The van der Waals surface area contributed by atoms with Crippen molar-refractivity contribution in [3.05, 3.63) is 71.8 Å². The van der Waals surface area contributed by atoms with Gasteiger partial charge in [0, 0.05) is 16.9 Å². The summed E-state index contributed by atoms with van der Waals surface area (Å²) in [4.78, 5) is 49.0. The number of esters is 2. The number of methoxy groups -OCH3 is 2. The van der Waals surface area contributed by atoms with Crippen molar-refractivity contribution in [1.82, 2.24) is 10.6 Å². The largest absolute Gasteiger partial charge is 0.467 e. The normalized spacial score (nSPS) is 12.2. The van der Waals surface area contributed by atoms with E-state index < -0.39 is 35.2 Å². The van der Waals surface area contributed by atoms with Crippen molar-refractivity contribution in [2.24, 2.45) is 0 Å². The fraction of sp³-hybridized carbons (Fsp3) is 0.238. The molecular formula is C21H22N2O6S. The summed E-state index contributed by atoms with van der Waals surface area (Å²) < 4.78 is 9.49. The fourth-order valence-corrected chi connectivity index (χ4v) is 3.43. The highest BCUT2D eigenvalue weighted by Crippen LogP contribution is 2.14. The van der Waals surface area contributed by atoms with E-state index in [4.69, 9.17) is 9.47 Å². The van der Waals surface area contributed by atoms with Crippen LogP contribution in [-0.2, 0) is 19.1 Å². The molecule has 0 saturated carbocycles. The van der Waals surface area contributed by atoms with Crippen LogP contribution in [0.4, 0.5) is 0 Å². The molecule has 0 aliphatic rings. The minimum absolute atomic E-state index is 0.0277. The topological polar surface area (TPSA) is 111 Å². The van der Waals surface area contributed by atoms with Crippen LogP contribution < -0.4 is 10.6 Å². The van der Waals surface area contributed by atoms with Gasteiger partial charge in [0.1, 0.15) is 6.04 Å². The Morgan fingerprint density at radius 1 is 0.767 bits per heavy atom. The Bertz CT molecular complexity index is 802. The smallest absolute Gasteiger partial charge is 0.339 e. The lowest BCUT2D eigenvalue weighted by atomic mass is 10.2. The second-order valence-electron chi connectivity index (χ2n) is 5.99. The Morgan fingerprint density at radius 3 is 1.70 bits per heavy atom. The third-order valence-corrected chi connectivity index (χ3v) is 5.14. The molecule has 9 heteroatoms. The van der Waals surface area contributed by atoms with Gasteiger partial charge in [-0.1, -0.05) is 36.4 Å². The first-order valence-electron chi connectivity index (χ1n) is 8.95. The number of hydrogen-bond donors (Lipinski definition) is 2. The maximum absolute atomic E-state index is 12.4. The summed E-state index contributed by atoms with van der Waals surface area (Å²) >= 11 is 0.944. The molecule has 2 atom stereocenters. The van der Waals surface area contributed by atoms with Gasteiger partial charge in [0.2, 0.25) is 0 Å². The molecule has 2 aromatic rings. The first kappa shape index (κ1) is 23.0. The SMILES string of the molecule is COC(=O)C(CSC(NC(=O)c1ccccc1)C(=O)OC)NC(=O)c1ccccc1. The number of ether oxygens (including phenoxy) is 2. The zero-order valence-electron chi connectivity index (χ0n) is 16.5. The number of nitrogens with one attached hydrogen (secondary N) is 2. The molecule has 0 heterocycles. The second-order valence-corrected chi connectivity index (χ2v) is 7.13. The molecule has 2 rings (SSSR count). The number of carbonyl (C=O) groups excluding carboxylic acids is 4. The molecule has 8 nitrogen and oxygen atoms in total. The maximum atomic E-state index is 12.4. The number of rotatable bonds is 9. The van der Waals surface area contributed by atoms with Crippen LogP contribution in [0.3, 0.4) is 0 Å². The molecule has 2 aromatic carbocycles. The van der Waals surface area contributed by atoms with Crippen LogP contribution in [-0.4, -0.2) is 55.1 Å². The van der Waals surface area contributed by atoms with Crippen LogP contribution in [0.2, 0.25) is 0 Å². The summed E-state index contributed by atoms with van der Waals surface area (Å²) in [5.74, 6) is -2.33. The number of thioether (sulfide) groups is 1. The van der Waals surface area contributed by atoms with E-state index in [9.17, 15) is 19.2 Å². The predicted octanol–water partition coefficient (Wildman–Crippen LogP) is 1.62. The van der Waals surface area contributed by atoms with Crippen LogP contribution in [0.1, 0.15) is 20.7 Å². The molecule has 2 amide bonds. The lowest BCUT2D eigenvalue weighted by molar-refractivity contribution is -0.142. The van der Waals surface area contributed by atoms with Crippen molar-refractivity contribution in [3.8, 4) is 0 Å². The highest BCUT2D eigenvalue weighted by atomic mass is 32.2. The third kappa shape index (κ3) is 6.63. The van der Waals surface area contributed by atoms with Gasteiger partial charge >= 0.3 is 11.9 Å². The van der Waals surface area contributed by atoms with Gasteiger partial charge in [-0.25, -0.2) is 9.59 Å². The molecule has 0 radical (unpaired) electrons. The van der Waals surface area contributed by atoms with E-state index in [1.807, 2.05) is 0 Å². The molecule has 30 heavy (non-hydrogen) atoms. The van der Waals surface area contributed by atoms with Crippen LogP contribution >= 0.6 is 11.8 Å². The Kier molecular flexibility index (Phi) is 8.89. The van der Waals surface area contributed by atoms with Crippen LogP contribution in [0.5, 0.6) is 0 Å². The number of benzene rings is 2. The molecule has 0 aromatic heterocycles. The summed E-state index contributed by atoms with van der Waals surface area (Å²) in [5.41, 5.74) is 0.743. The second kappa shape index (κ2) is 11.6. The number of carbonyl (C=O) groups is 4. The lowest BCUT2D eigenvalue weighted by Crippen LogP contribution is -2.45. The summed E-state index contributed by atoms with van der Waals surface area (Å²) in [6, 6.07) is 15.7. The Morgan fingerprint density at radius 2 is 1.23 bits per heavy atom. The van der Waals surface area contributed by atoms with E-state index >= 15 is 0 Å². The van der Waals surface area contributed by atoms with Crippen molar-refractivity contribution in [2.45, 2.75) is 11.4 Å². The minimum atomic E-state index is -1.08. The van der Waals surface area contributed by atoms with Crippen LogP contribution in [0.15, 0.2) is 60.7 Å². The van der Waals surface area contributed by atoms with Gasteiger partial charge < -0.3 is 20.1 Å². The standard InChI is InChI=1S/C21H22N2O6S/c1-28-20(26)16(22-17(24)14-9-5-3-6-10-14)13-30-19(21(27)29-2)23-18(25)15-11-7-4-8-12-15/h3-12,16,19H,13H2,1-2H3,(H,22,24)(H,23,25). The average molecular weight is 430 g/mol. The van der Waals surface area contributed by atoms with Crippen molar-refractivity contribution >= 4 is 35.5 Å². The Labute approximate surface area is 178 Å². The summed E-state index contributed by atoms with van der Waals surface area (Å²) in [7, 11) is 2.39. The molecule has 0 aliphatic heterocycles. The van der Waals surface area contributed by atoms with Crippen LogP contribution in [0.25, 0.3) is 0 Å². The monoisotopic (exact) mass is 430 g/mol. The van der Waals surface area contributed by atoms with E-state index in [1.54, 1.807) is 60.7 Å². The molecule has 2 unspecified atom stereocenters. The summed E-state index contributed by atoms with van der Waals surface area (Å²) in [6.07, 6.45) is 0. The Hall–Kier alpha value is -3.33. The van der Waals surface area contributed by atoms with Crippen molar-refractivity contribution in [3.63, 3.8) is 0 Å². The highest BCUT2D eigenvalue weighted by molar-refractivity contribution is 8.00. The summed E-state index contributed by atoms with van der Waals surface area (Å²) in [6.45, 7) is 0.